The third-order valence-corrected chi connectivity index (χ3v) is 4.25. The number of hydrogen-bond acceptors (Lipinski definition) is 8. The van der Waals surface area contributed by atoms with E-state index in [2.05, 4.69) is 5.32 Å². The van der Waals surface area contributed by atoms with Gasteiger partial charge in [0.1, 0.15) is 12.2 Å². The third kappa shape index (κ3) is 8.25. The number of nitro benzene ring substituents is 1. The number of esters is 1. The second kappa shape index (κ2) is 10.8. The number of non-ortho nitro benzene ring substituents is 1. The molecule has 1 amide bonds. The first-order chi connectivity index (χ1) is 14.6. The van der Waals surface area contributed by atoms with Gasteiger partial charge in [-0.25, -0.2) is 4.79 Å². The average Bonchev–Trinajstić information content (AvgIpc) is 2.70. The fourth-order valence-corrected chi connectivity index (χ4v) is 2.78. The van der Waals surface area contributed by atoms with Crippen molar-refractivity contribution in [3.05, 3.63) is 51.8 Å². The molecule has 0 unspecified atom stereocenters. The Bertz CT molecular complexity index is 814. The van der Waals surface area contributed by atoms with Crippen LogP contribution >= 0.6 is 0 Å². The van der Waals surface area contributed by atoms with E-state index in [1.165, 1.54) is 19.2 Å². The lowest BCUT2D eigenvalue weighted by Gasteiger charge is -2.32. The molecule has 1 N–H and O–H groups in total. The van der Waals surface area contributed by atoms with Crippen molar-refractivity contribution in [2.75, 3.05) is 7.11 Å². The number of ether oxygens (including phenoxy) is 4. The van der Waals surface area contributed by atoms with E-state index in [1.807, 2.05) is 0 Å². The molecule has 0 radical (unpaired) electrons. The molecule has 1 aliphatic rings. The van der Waals surface area contributed by atoms with Crippen LogP contribution in [0, 0.1) is 10.1 Å². The van der Waals surface area contributed by atoms with Crippen LogP contribution in [0.25, 0.3) is 0 Å². The highest BCUT2D eigenvalue weighted by Gasteiger charge is 2.30. The van der Waals surface area contributed by atoms with Gasteiger partial charge in [-0.05, 0) is 51.0 Å². The van der Waals surface area contributed by atoms with Crippen molar-refractivity contribution < 1.29 is 33.5 Å². The zero-order chi connectivity index (χ0) is 23.0. The van der Waals surface area contributed by atoms with Crippen molar-refractivity contribution in [1.29, 1.82) is 0 Å². The van der Waals surface area contributed by atoms with E-state index in [4.69, 9.17) is 18.9 Å². The molecule has 1 aromatic carbocycles. The highest BCUT2D eigenvalue weighted by molar-refractivity contribution is 5.69. The van der Waals surface area contributed by atoms with Gasteiger partial charge in [0, 0.05) is 25.7 Å². The minimum atomic E-state index is -0.705. The number of methoxy groups -OCH3 is 1. The largest absolute Gasteiger partial charge is 0.467 e. The van der Waals surface area contributed by atoms with Gasteiger partial charge in [0.2, 0.25) is 6.29 Å². The van der Waals surface area contributed by atoms with Crippen molar-refractivity contribution in [3.8, 4) is 0 Å². The average molecular weight is 436 g/mol. The predicted molar refractivity (Wildman–Crippen MR) is 110 cm³/mol. The molecule has 0 saturated heterocycles. The zero-order valence-corrected chi connectivity index (χ0v) is 18.1. The monoisotopic (exact) mass is 436 g/mol. The Morgan fingerprint density at radius 1 is 1.26 bits per heavy atom. The summed E-state index contributed by atoms with van der Waals surface area (Å²) < 4.78 is 21.5. The number of hydrogen-bond donors (Lipinski definition) is 1. The second-order valence-corrected chi connectivity index (χ2v) is 7.97. The van der Waals surface area contributed by atoms with Gasteiger partial charge < -0.3 is 24.3 Å². The molecule has 0 fully saturated rings. The Hall–Kier alpha value is -3.14. The molecule has 31 heavy (non-hydrogen) atoms. The molecule has 0 saturated carbocycles. The normalized spacial score (nSPS) is 18.4. The molecule has 0 spiro atoms. The van der Waals surface area contributed by atoms with E-state index < -0.39 is 34.9 Å². The standard InChI is InChI=1S/C21H28N2O8/c1-21(2,3)31-20(25)22-17-11-9-16(30-19(17)28-4)10-12-18(24)29-13-14-5-7-15(8-6-14)23(26)27/h5-9,17,19H,10-13H2,1-4H3,(H,22,25)/t17-,19+/m1/s1. The Balaban J connectivity index is 1.78. The van der Waals surface area contributed by atoms with E-state index >= 15 is 0 Å². The lowest BCUT2D eigenvalue weighted by molar-refractivity contribution is -0.384. The van der Waals surface area contributed by atoms with Crippen LogP contribution in [0.5, 0.6) is 0 Å². The lowest BCUT2D eigenvalue weighted by atomic mass is 10.1. The lowest BCUT2D eigenvalue weighted by Crippen LogP contribution is -2.48. The summed E-state index contributed by atoms with van der Waals surface area (Å²) in [6.45, 7) is 5.35. The van der Waals surface area contributed by atoms with Crippen LogP contribution in [0.3, 0.4) is 0 Å². The van der Waals surface area contributed by atoms with Crippen molar-refractivity contribution in [3.63, 3.8) is 0 Å². The summed E-state index contributed by atoms with van der Waals surface area (Å²) in [6, 6.07) is 5.38. The smallest absolute Gasteiger partial charge is 0.408 e. The van der Waals surface area contributed by atoms with Crippen LogP contribution in [-0.4, -0.2) is 42.0 Å². The maximum Gasteiger partial charge on any atom is 0.408 e. The molecule has 10 nitrogen and oxygen atoms in total. The topological polar surface area (TPSA) is 126 Å². The molecule has 2 atom stereocenters. The van der Waals surface area contributed by atoms with Crippen LogP contribution in [0.1, 0.15) is 45.6 Å². The number of nitrogens with one attached hydrogen (secondary N) is 1. The number of carbonyl (C=O) groups excluding carboxylic acids is 2. The molecular formula is C21H28N2O8. The van der Waals surface area contributed by atoms with Crippen molar-refractivity contribution in [2.45, 2.75) is 64.6 Å². The summed E-state index contributed by atoms with van der Waals surface area (Å²) in [5.41, 5.74) is 0.0177. The van der Waals surface area contributed by atoms with Crippen LogP contribution in [0.2, 0.25) is 0 Å². The van der Waals surface area contributed by atoms with Crippen LogP contribution in [0.15, 0.2) is 36.1 Å². The molecule has 1 aromatic rings. The summed E-state index contributed by atoms with van der Waals surface area (Å²) in [6.07, 6.45) is 1.40. The van der Waals surface area contributed by atoms with Crippen LogP contribution in [0.4, 0.5) is 10.5 Å². The number of allylic oxidation sites excluding steroid dienone is 1. The molecule has 0 aromatic heterocycles. The van der Waals surface area contributed by atoms with E-state index in [0.717, 1.165) is 0 Å². The van der Waals surface area contributed by atoms with E-state index in [0.29, 0.717) is 24.2 Å². The van der Waals surface area contributed by atoms with Gasteiger partial charge in [0.25, 0.3) is 5.69 Å². The first-order valence-electron chi connectivity index (χ1n) is 9.84. The number of carbonyl (C=O) groups is 2. The van der Waals surface area contributed by atoms with Crippen molar-refractivity contribution in [1.82, 2.24) is 5.32 Å². The Kier molecular flexibility index (Phi) is 8.38. The van der Waals surface area contributed by atoms with E-state index in [1.54, 1.807) is 39.0 Å². The summed E-state index contributed by atoms with van der Waals surface area (Å²) in [7, 11) is 1.47. The summed E-state index contributed by atoms with van der Waals surface area (Å²) in [5, 5.41) is 13.4. The fraction of sp³-hybridized carbons (Fsp3) is 0.524. The quantitative estimate of drug-likeness (QED) is 0.372. The van der Waals surface area contributed by atoms with Gasteiger partial charge >= 0.3 is 12.1 Å². The Labute approximate surface area is 180 Å². The predicted octanol–water partition coefficient (Wildman–Crippen LogP) is 3.59. The molecule has 10 heteroatoms. The highest BCUT2D eigenvalue weighted by Crippen LogP contribution is 2.22. The van der Waals surface area contributed by atoms with Gasteiger partial charge in [-0.2, -0.15) is 0 Å². The molecule has 0 bridgehead atoms. The molecule has 1 aliphatic heterocycles. The first-order valence-corrected chi connectivity index (χ1v) is 9.84. The number of benzene rings is 1. The summed E-state index contributed by atoms with van der Waals surface area (Å²) in [5.74, 6) is 0.146. The number of amides is 1. The molecule has 170 valence electrons. The first kappa shape index (κ1) is 24.1. The summed E-state index contributed by atoms with van der Waals surface area (Å²) in [4.78, 5) is 34.1. The van der Waals surface area contributed by atoms with Gasteiger partial charge in [-0.3, -0.25) is 14.9 Å². The maximum atomic E-state index is 12.0. The number of nitrogens with zero attached hydrogens (tertiary/aromatic N) is 1. The molecular weight excluding hydrogens is 408 g/mol. The number of alkyl carbamates (subject to hydrolysis) is 1. The third-order valence-electron chi connectivity index (χ3n) is 4.25. The van der Waals surface area contributed by atoms with E-state index in [-0.39, 0.29) is 18.7 Å². The zero-order valence-electron chi connectivity index (χ0n) is 18.1. The Morgan fingerprint density at radius 2 is 1.94 bits per heavy atom. The summed E-state index contributed by atoms with van der Waals surface area (Å²) >= 11 is 0. The molecule has 2 rings (SSSR count). The van der Waals surface area contributed by atoms with Crippen molar-refractivity contribution >= 4 is 17.7 Å². The second-order valence-electron chi connectivity index (χ2n) is 7.97. The number of rotatable bonds is 8. The highest BCUT2D eigenvalue weighted by atomic mass is 16.7. The Morgan fingerprint density at radius 3 is 2.52 bits per heavy atom. The fourth-order valence-electron chi connectivity index (χ4n) is 2.78. The minimum Gasteiger partial charge on any atom is -0.467 e. The maximum absolute atomic E-state index is 12.0. The SMILES string of the molecule is CO[C@H]1OC(CCC(=O)OCc2ccc([N+](=O)[O-])cc2)=CC[C@H]1NC(=O)OC(C)(C)C. The van der Waals surface area contributed by atoms with Gasteiger partial charge in [-0.15, -0.1) is 0 Å². The van der Waals surface area contributed by atoms with Crippen LogP contribution < -0.4 is 5.32 Å². The van der Waals surface area contributed by atoms with Gasteiger partial charge in [0.05, 0.1) is 23.1 Å². The minimum absolute atomic E-state index is 0.0244. The molecule has 1 heterocycles. The van der Waals surface area contributed by atoms with Gasteiger partial charge in [0.15, 0.2) is 0 Å². The van der Waals surface area contributed by atoms with Gasteiger partial charge in [-0.1, -0.05) is 0 Å². The molecule has 0 aliphatic carbocycles. The van der Waals surface area contributed by atoms with Crippen molar-refractivity contribution in [2.24, 2.45) is 0 Å². The van der Waals surface area contributed by atoms with E-state index in [9.17, 15) is 19.7 Å². The van der Waals surface area contributed by atoms with Crippen LogP contribution in [-0.2, 0) is 30.3 Å². The number of nitro groups is 1.